The first-order valence-electron chi connectivity index (χ1n) is 12.4. The first-order valence-corrected chi connectivity index (χ1v) is 12.4. The summed E-state index contributed by atoms with van der Waals surface area (Å²) in [6, 6.07) is 26.9. The summed E-state index contributed by atoms with van der Waals surface area (Å²) in [5.74, 6) is 0.843. The Kier molecular flexibility index (Phi) is 8.19. The molecule has 4 rings (SSSR count). The summed E-state index contributed by atoms with van der Waals surface area (Å²) in [7, 11) is 1.96. The maximum atomic E-state index is 13.5. The molecular formula is C31H35NO2. The molecule has 0 radical (unpaired) electrons. The molecule has 1 saturated carbocycles. The Labute approximate surface area is 204 Å². The van der Waals surface area contributed by atoms with Gasteiger partial charge >= 0.3 is 0 Å². The number of likely N-dealkylation sites (N-methyl/N-ethyl adjacent to an activating group) is 1. The van der Waals surface area contributed by atoms with E-state index in [1.54, 1.807) is 0 Å². The van der Waals surface area contributed by atoms with Crippen LogP contribution in [0.25, 0.3) is 5.57 Å². The van der Waals surface area contributed by atoms with Crippen molar-refractivity contribution in [3.63, 3.8) is 0 Å². The number of hydrogen-bond acceptors (Lipinski definition) is 2. The van der Waals surface area contributed by atoms with Gasteiger partial charge in [-0.05, 0) is 48.6 Å². The topological polar surface area (TPSA) is 29.5 Å². The molecule has 0 bridgehead atoms. The second-order valence-electron chi connectivity index (χ2n) is 9.29. The number of benzene rings is 3. The average molecular weight is 454 g/mol. The Morgan fingerprint density at radius 3 is 2.24 bits per heavy atom. The maximum absolute atomic E-state index is 13.5. The van der Waals surface area contributed by atoms with Crippen LogP contribution in [0.4, 0.5) is 0 Å². The molecular weight excluding hydrogens is 418 g/mol. The fourth-order valence-corrected chi connectivity index (χ4v) is 4.70. The molecule has 1 fully saturated rings. The lowest BCUT2D eigenvalue weighted by molar-refractivity contribution is -0.126. The van der Waals surface area contributed by atoms with E-state index in [2.05, 4.69) is 43.3 Å². The summed E-state index contributed by atoms with van der Waals surface area (Å²) in [6.07, 6.45) is 8.94. The predicted octanol–water partition coefficient (Wildman–Crippen LogP) is 7.19. The maximum Gasteiger partial charge on any atom is 0.247 e. The molecule has 34 heavy (non-hydrogen) atoms. The fourth-order valence-electron chi connectivity index (χ4n) is 4.70. The summed E-state index contributed by atoms with van der Waals surface area (Å²) in [5.41, 5.74) is 5.11. The van der Waals surface area contributed by atoms with E-state index >= 15 is 0 Å². The van der Waals surface area contributed by atoms with Crippen molar-refractivity contribution in [2.75, 3.05) is 7.05 Å². The van der Waals surface area contributed by atoms with Gasteiger partial charge in [-0.25, -0.2) is 0 Å². The lowest BCUT2D eigenvalue weighted by atomic mass is 9.95. The SMILES string of the molecule is Cc1ccc(OCc2ccccc2)c(C(=CC(=O)N(C)C2CCCCCC2)c2ccccc2)c1. The fraction of sp³-hybridized carbons (Fsp3) is 0.323. The Balaban J connectivity index is 1.68. The third-order valence-corrected chi connectivity index (χ3v) is 6.74. The number of ether oxygens (including phenoxy) is 1. The minimum absolute atomic E-state index is 0.0567. The minimum atomic E-state index is 0.0567. The molecule has 0 unspecified atom stereocenters. The lowest BCUT2D eigenvalue weighted by Gasteiger charge is -2.26. The molecule has 3 heteroatoms. The zero-order chi connectivity index (χ0) is 23.8. The van der Waals surface area contributed by atoms with E-state index in [0.717, 1.165) is 46.4 Å². The predicted molar refractivity (Wildman–Crippen MR) is 140 cm³/mol. The van der Waals surface area contributed by atoms with Crippen molar-refractivity contribution < 1.29 is 9.53 Å². The van der Waals surface area contributed by atoms with Gasteiger partial charge in [0.05, 0.1) is 0 Å². The minimum Gasteiger partial charge on any atom is -0.488 e. The van der Waals surface area contributed by atoms with Crippen molar-refractivity contribution in [1.29, 1.82) is 0 Å². The van der Waals surface area contributed by atoms with E-state index in [-0.39, 0.29) is 5.91 Å². The molecule has 0 atom stereocenters. The summed E-state index contributed by atoms with van der Waals surface area (Å²) in [6.45, 7) is 2.56. The van der Waals surface area contributed by atoms with Crippen molar-refractivity contribution in [3.05, 3.63) is 107 Å². The van der Waals surface area contributed by atoms with Crippen LogP contribution >= 0.6 is 0 Å². The van der Waals surface area contributed by atoms with Crippen LogP contribution in [0.15, 0.2) is 84.9 Å². The highest BCUT2D eigenvalue weighted by atomic mass is 16.5. The largest absolute Gasteiger partial charge is 0.488 e. The summed E-state index contributed by atoms with van der Waals surface area (Å²) < 4.78 is 6.29. The summed E-state index contributed by atoms with van der Waals surface area (Å²) in [5, 5.41) is 0. The Morgan fingerprint density at radius 2 is 1.56 bits per heavy atom. The third-order valence-electron chi connectivity index (χ3n) is 6.74. The van der Waals surface area contributed by atoms with Crippen LogP contribution in [0.5, 0.6) is 5.75 Å². The van der Waals surface area contributed by atoms with Crippen molar-refractivity contribution in [3.8, 4) is 5.75 Å². The molecule has 0 heterocycles. The molecule has 0 N–H and O–H groups in total. The van der Waals surface area contributed by atoms with Gasteiger partial charge in [-0.2, -0.15) is 0 Å². The summed E-state index contributed by atoms with van der Waals surface area (Å²) in [4.78, 5) is 15.4. The molecule has 176 valence electrons. The van der Waals surface area contributed by atoms with Gasteiger partial charge in [0.2, 0.25) is 5.91 Å². The van der Waals surface area contributed by atoms with Crippen LogP contribution in [0, 0.1) is 6.92 Å². The van der Waals surface area contributed by atoms with E-state index in [1.807, 2.05) is 60.5 Å². The number of aryl methyl sites for hydroxylation is 1. The number of carbonyl (C=O) groups excluding carboxylic acids is 1. The van der Waals surface area contributed by atoms with E-state index < -0.39 is 0 Å². The Hall–Kier alpha value is -3.33. The average Bonchev–Trinajstić information content (AvgIpc) is 3.17. The molecule has 1 aliphatic carbocycles. The zero-order valence-corrected chi connectivity index (χ0v) is 20.4. The van der Waals surface area contributed by atoms with E-state index in [0.29, 0.717) is 12.6 Å². The van der Waals surface area contributed by atoms with Gasteiger partial charge in [0.1, 0.15) is 12.4 Å². The quantitative estimate of drug-likeness (QED) is 0.280. The number of nitrogens with zero attached hydrogens (tertiary/aromatic N) is 1. The van der Waals surface area contributed by atoms with Gasteiger partial charge in [0.15, 0.2) is 0 Å². The molecule has 3 nitrogen and oxygen atoms in total. The van der Waals surface area contributed by atoms with Gasteiger partial charge < -0.3 is 9.64 Å². The van der Waals surface area contributed by atoms with Crippen molar-refractivity contribution in [2.24, 2.45) is 0 Å². The van der Waals surface area contributed by atoms with Crippen LogP contribution < -0.4 is 4.74 Å². The second-order valence-corrected chi connectivity index (χ2v) is 9.29. The number of carbonyl (C=O) groups is 1. The smallest absolute Gasteiger partial charge is 0.247 e. The van der Waals surface area contributed by atoms with Gasteiger partial charge in [-0.1, -0.05) is 98.0 Å². The van der Waals surface area contributed by atoms with Crippen molar-refractivity contribution >= 4 is 11.5 Å². The standard InChI is InChI=1S/C31H35NO2/c1-24-19-20-30(34-23-25-13-7-5-8-14-25)29(21-24)28(26-15-9-6-10-16-26)22-31(33)32(2)27-17-11-3-4-12-18-27/h5-10,13-16,19-22,27H,3-4,11-12,17-18,23H2,1-2H3. The van der Waals surface area contributed by atoms with Gasteiger partial charge in [-0.3, -0.25) is 4.79 Å². The highest BCUT2D eigenvalue weighted by Crippen LogP contribution is 2.33. The number of amides is 1. The Bertz CT molecular complexity index is 1100. The molecule has 0 aliphatic heterocycles. The molecule has 1 aliphatic rings. The molecule has 0 aromatic heterocycles. The monoisotopic (exact) mass is 453 g/mol. The first kappa shape index (κ1) is 23.8. The van der Waals surface area contributed by atoms with Crippen molar-refractivity contribution in [2.45, 2.75) is 58.1 Å². The molecule has 0 saturated heterocycles. The first-order chi connectivity index (χ1) is 16.6. The van der Waals surface area contributed by atoms with E-state index in [4.69, 9.17) is 4.74 Å². The van der Waals surface area contributed by atoms with Crippen LogP contribution in [-0.2, 0) is 11.4 Å². The van der Waals surface area contributed by atoms with E-state index in [9.17, 15) is 4.79 Å². The zero-order valence-electron chi connectivity index (χ0n) is 20.4. The van der Waals surface area contributed by atoms with Crippen LogP contribution in [-0.4, -0.2) is 23.9 Å². The number of hydrogen-bond donors (Lipinski definition) is 0. The summed E-state index contributed by atoms with van der Waals surface area (Å²) >= 11 is 0. The highest BCUT2D eigenvalue weighted by molar-refractivity contribution is 6.00. The third kappa shape index (κ3) is 6.17. The highest BCUT2D eigenvalue weighted by Gasteiger charge is 2.22. The van der Waals surface area contributed by atoms with Gasteiger partial charge in [0, 0.05) is 24.7 Å². The van der Waals surface area contributed by atoms with Crippen LogP contribution in [0.3, 0.4) is 0 Å². The lowest BCUT2D eigenvalue weighted by Crippen LogP contribution is -2.35. The molecule has 0 spiro atoms. The molecule has 3 aromatic rings. The second kappa shape index (κ2) is 11.7. The van der Waals surface area contributed by atoms with E-state index in [1.165, 1.54) is 25.7 Å². The normalized spacial score (nSPS) is 14.9. The van der Waals surface area contributed by atoms with Gasteiger partial charge in [0.25, 0.3) is 0 Å². The Morgan fingerprint density at radius 1 is 0.912 bits per heavy atom. The molecule has 3 aromatic carbocycles. The van der Waals surface area contributed by atoms with Crippen molar-refractivity contribution in [1.82, 2.24) is 4.90 Å². The van der Waals surface area contributed by atoms with Crippen LogP contribution in [0.2, 0.25) is 0 Å². The van der Waals surface area contributed by atoms with Crippen LogP contribution in [0.1, 0.15) is 60.8 Å². The van der Waals surface area contributed by atoms with Gasteiger partial charge in [-0.15, -0.1) is 0 Å². The molecule has 1 amide bonds. The number of rotatable bonds is 7.